The minimum atomic E-state index is 0.0329. The van der Waals surface area contributed by atoms with Gasteiger partial charge in [-0.2, -0.15) is 0 Å². The van der Waals surface area contributed by atoms with E-state index in [9.17, 15) is 0 Å². The normalized spacial score (nSPS) is 15.1. The predicted molar refractivity (Wildman–Crippen MR) is 81.5 cm³/mol. The van der Waals surface area contributed by atoms with Crippen molar-refractivity contribution in [1.29, 1.82) is 0 Å². The quantitative estimate of drug-likeness (QED) is 0.859. The summed E-state index contributed by atoms with van der Waals surface area (Å²) in [6.07, 6.45) is 0.909. The molecule has 1 aromatic rings. The lowest BCUT2D eigenvalue weighted by Crippen LogP contribution is -2.20. The lowest BCUT2D eigenvalue weighted by molar-refractivity contribution is 0.396. The van der Waals surface area contributed by atoms with Crippen LogP contribution >= 0.6 is 0 Å². The number of hydrogen-bond donors (Lipinski definition) is 2. The smallest absolute Gasteiger partial charge is 0.122 e. The highest BCUT2D eigenvalue weighted by Gasteiger charge is 2.21. The van der Waals surface area contributed by atoms with Crippen LogP contribution in [0.15, 0.2) is 18.2 Å². The molecular formula is C16H28N2O. The van der Waals surface area contributed by atoms with Crippen LogP contribution in [0.25, 0.3) is 0 Å². The van der Waals surface area contributed by atoms with E-state index in [2.05, 4.69) is 39.8 Å². The average Bonchev–Trinajstić information content (AvgIpc) is 2.36. The van der Waals surface area contributed by atoms with E-state index < -0.39 is 0 Å². The molecule has 0 spiro atoms. The minimum absolute atomic E-state index is 0.0329. The molecule has 3 heteroatoms. The summed E-state index contributed by atoms with van der Waals surface area (Å²) in [4.78, 5) is 0. The first-order valence-electron chi connectivity index (χ1n) is 6.93. The summed E-state index contributed by atoms with van der Waals surface area (Å²) >= 11 is 0. The summed E-state index contributed by atoms with van der Waals surface area (Å²) < 4.78 is 5.45. The summed E-state index contributed by atoms with van der Waals surface area (Å²) in [5, 5.41) is 0. The highest BCUT2D eigenvalue weighted by atomic mass is 16.5. The number of ether oxygens (including phenoxy) is 1. The van der Waals surface area contributed by atoms with Crippen molar-refractivity contribution in [2.45, 2.75) is 45.6 Å². The van der Waals surface area contributed by atoms with Gasteiger partial charge in [0.25, 0.3) is 0 Å². The summed E-state index contributed by atoms with van der Waals surface area (Å²) in [5.41, 5.74) is 14.3. The van der Waals surface area contributed by atoms with Crippen LogP contribution < -0.4 is 16.2 Å². The van der Waals surface area contributed by atoms with Crippen LogP contribution in [-0.4, -0.2) is 13.7 Å². The van der Waals surface area contributed by atoms with Gasteiger partial charge < -0.3 is 16.2 Å². The predicted octanol–water partition coefficient (Wildman–Crippen LogP) is 2.98. The van der Waals surface area contributed by atoms with Gasteiger partial charge in [-0.05, 0) is 41.5 Å². The molecule has 0 aliphatic carbocycles. The molecular weight excluding hydrogens is 236 g/mol. The molecule has 3 nitrogen and oxygen atoms in total. The second kappa shape index (κ2) is 6.40. The molecule has 0 saturated heterocycles. The number of nitrogens with two attached hydrogens (primary N) is 2. The van der Waals surface area contributed by atoms with Crippen LogP contribution in [0.1, 0.15) is 51.3 Å². The Labute approximate surface area is 117 Å². The number of methoxy groups -OCH3 is 1. The standard InChI is InChI=1S/C16H28N2O/c1-11(10-17)8-14(18)12-6-7-15(19-5)13(9-12)16(2,3)4/h6-7,9,11,14H,8,10,17-18H2,1-5H3. The van der Waals surface area contributed by atoms with Crippen molar-refractivity contribution in [3.8, 4) is 5.75 Å². The molecule has 0 aromatic heterocycles. The third-order valence-electron chi connectivity index (χ3n) is 3.52. The molecule has 19 heavy (non-hydrogen) atoms. The van der Waals surface area contributed by atoms with E-state index >= 15 is 0 Å². The van der Waals surface area contributed by atoms with E-state index in [4.69, 9.17) is 16.2 Å². The highest BCUT2D eigenvalue weighted by Crippen LogP contribution is 2.33. The monoisotopic (exact) mass is 264 g/mol. The van der Waals surface area contributed by atoms with Crippen molar-refractivity contribution in [1.82, 2.24) is 0 Å². The largest absolute Gasteiger partial charge is 0.496 e. The minimum Gasteiger partial charge on any atom is -0.496 e. The first-order chi connectivity index (χ1) is 8.79. The summed E-state index contributed by atoms with van der Waals surface area (Å²) in [6.45, 7) is 9.36. The van der Waals surface area contributed by atoms with E-state index in [0.717, 1.165) is 17.7 Å². The maximum atomic E-state index is 6.28. The molecule has 0 fully saturated rings. The second-order valence-electron chi connectivity index (χ2n) is 6.39. The Bertz CT molecular complexity index is 410. The molecule has 1 aromatic carbocycles. The Kier molecular flexibility index (Phi) is 5.39. The SMILES string of the molecule is COc1ccc(C(N)CC(C)CN)cc1C(C)(C)C. The Morgan fingerprint density at radius 2 is 1.89 bits per heavy atom. The molecule has 2 unspecified atom stereocenters. The Morgan fingerprint density at radius 3 is 2.37 bits per heavy atom. The topological polar surface area (TPSA) is 61.3 Å². The zero-order chi connectivity index (χ0) is 14.6. The molecule has 108 valence electrons. The summed E-state index contributed by atoms with van der Waals surface area (Å²) in [7, 11) is 1.71. The van der Waals surface area contributed by atoms with E-state index in [1.807, 2.05) is 6.07 Å². The molecule has 0 saturated carbocycles. The first-order valence-corrected chi connectivity index (χ1v) is 6.93. The molecule has 1 rings (SSSR count). The molecule has 0 radical (unpaired) electrons. The lowest BCUT2D eigenvalue weighted by Gasteiger charge is -2.24. The molecule has 0 heterocycles. The Hall–Kier alpha value is -1.06. The molecule has 4 N–H and O–H groups in total. The van der Waals surface area contributed by atoms with Crippen molar-refractivity contribution < 1.29 is 4.74 Å². The van der Waals surface area contributed by atoms with Gasteiger partial charge >= 0.3 is 0 Å². The Morgan fingerprint density at radius 1 is 1.26 bits per heavy atom. The van der Waals surface area contributed by atoms with Gasteiger partial charge in [0.15, 0.2) is 0 Å². The molecule has 2 atom stereocenters. The van der Waals surface area contributed by atoms with Crippen LogP contribution in [0.3, 0.4) is 0 Å². The molecule has 0 bridgehead atoms. The van der Waals surface area contributed by atoms with Crippen molar-refractivity contribution in [2.24, 2.45) is 17.4 Å². The van der Waals surface area contributed by atoms with E-state index in [0.29, 0.717) is 12.5 Å². The van der Waals surface area contributed by atoms with Gasteiger partial charge in [-0.25, -0.2) is 0 Å². The fourth-order valence-corrected chi connectivity index (χ4v) is 2.21. The summed E-state index contributed by atoms with van der Waals surface area (Å²) in [6, 6.07) is 6.28. The second-order valence-corrected chi connectivity index (χ2v) is 6.39. The lowest BCUT2D eigenvalue weighted by atomic mass is 9.84. The van der Waals surface area contributed by atoms with Crippen molar-refractivity contribution in [3.63, 3.8) is 0 Å². The third kappa shape index (κ3) is 4.22. The summed E-state index contributed by atoms with van der Waals surface area (Å²) in [5.74, 6) is 1.37. The Balaban J connectivity index is 3.04. The van der Waals surface area contributed by atoms with Crippen LogP contribution in [0.2, 0.25) is 0 Å². The fourth-order valence-electron chi connectivity index (χ4n) is 2.21. The van der Waals surface area contributed by atoms with Crippen molar-refractivity contribution in [3.05, 3.63) is 29.3 Å². The van der Waals surface area contributed by atoms with Gasteiger partial charge in [0.2, 0.25) is 0 Å². The van der Waals surface area contributed by atoms with Crippen LogP contribution in [0.5, 0.6) is 5.75 Å². The zero-order valence-corrected chi connectivity index (χ0v) is 12.9. The van der Waals surface area contributed by atoms with Gasteiger partial charge in [0, 0.05) is 6.04 Å². The fraction of sp³-hybridized carbons (Fsp3) is 0.625. The van der Waals surface area contributed by atoms with Gasteiger partial charge in [-0.15, -0.1) is 0 Å². The van der Waals surface area contributed by atoms with Crippen LogP contribution in [-0.2, 0) is 5.41 Å². The van der Waals surface area contributed by atoms with Gasteiger partial charge in [-0.1, -0.05) is 39.8 Å². The number of benzene rings is 1. The van der Waals surface area contributed by atoms with Gasteiger partial charge in [0.1, 0.15) is 5.75 Å². The molecule has 0 aliphatic heterocycles. The highest BCUT2D eigenvalue weighted by molar-refractivity contribution is 5.42. The van der Waals surface area contributed by atoms with Gasteiger partial charge in [0.05, 0.1) is 7.11 Å². The van der Waals surface area contributed by atoms with Gasteiger partial charge in [-0.3, -0.25) is 0 Å². The zero-order valence-electron chi connectivity index (χ0n) is 12.9. The van der Waals surface area contributed by atoms with Crippen LogP contribution in [0, 0.1) is 5.92 Å². The molecule has 0 amide bonds. The number of hydrogen-bond acceptors (Lipinski definition) is 3. The molecule has 0 aliphatic rings. The van der Waals surface area contributed by atoms with Crippen molar-refractivity contribution in [2.75, 3.05) is 13.7 Å². The van der Waals surface area contributed by atoms with E-state index in [1.54, 1.807) is 7.11 Å². The number of rotatable bonds is 5. The van der Waals surface area contributed by atoms with Crippen LogP contribution in [0.4, 0.5) is 0 Å². The first kappa shape index (κ1) is 16.0. The van der Waals surface area contributed by atoms with Crippen molar-refractivity contribution >= 4 is 0 Å². The van der Waals surface area contributed by atoms with E-state index in [-0.39, 0.29) is 11.5 Å². The van der Waals surface area contributed by atoms with E-state index in [1.165, 1.54) is 5.56 Å². The maximum Gasteiger partial charge on any atom is 0.122 e. The average molecular weight is 264 g/mol. The third-order valence-corrected chi connectivity index (χ3v) is 3.52. The maximum absolute atomic E-state index is 6.28.